The zero-order valence-corrected chi connectivity index (χ0v) is 13.9. The van der Waals surface area contributed by atoms with Crippen LogP contribution in [0.1, 0.15) is 13.3 Å². The van der Waals surface area contributed by atoms with Gasteiger partial charge in [0.15, 0.2) is 0 Å². The molecule has 0 fully saturated rings. The Balaban J connectivity index is 2.16. The van der Waals surface area contributed by atoms with E-state index in [1.165, 1.54) is 28.6 Å². The molecule has 2 aromatic carbocycles. The van der Waals surface area contributed by atoms with E-state index in [9.17, 15) is 13.2 Å². The van der Waals surface area contributed by atoms with Crippen LogP contribution < -0.4 is 9.62 Å². The van der Waals surface area contributed by atoms with E-state index < -0.39 is 16.1 Å². The molecule has 0 aliphatic carbocycles. The molecule has 2 aromatic rings. The lowest BCUT2D eigenvalue weighted by atomic mass is 10.2. The van der Waals surface area contributed by atoms with Crippen LogP contribution >= 0.6 is 11.6 Å². The SMILES string of the molecule is C[C@H]1CC(=O)Nc2ccccc2N1S(=O)(=O)c1ccc(Cl)cc1. The largest absolute Gasteiger partial charge is 0.324 e. The fraction of sp³-hybridized carbons (Fsp3) is 0.188. The van der Waals surface area contributed by atoms with E-state index in [-0.39, 0.29) is 17.2 Å². The smallest absolute Gasteiger partial charge is 0.264 e. The van der Waals surface area contributed by atoms with Gasteiger partial charge in [0.25, 0.3) is 10.0 Å². The van der Waals surface area contributed by atoms with Crippen LogP contribution in [0.3, 0.4) is 0 Å². The van der Waals surface area contributed by atoms with Gasteiger partial charge >= 0.3 is 0 Å². The summed E-state index contributed by atoms with van der Waals surface area (Å²) in [7, 11) is -3.81. The lowest BCUT2D eigenvalue weighted by Gasteiger charge is -2.29. The van der Waals surface area contributed by atoms with Gasteiger partial charge in [0.1, 0.15) is 0 Å². The van der Waals surface area contributed by atoms with Gasteiger partial charge in [-0.05, 0) is 43.3 Å². The molecule has 0 saturated heterocycles. The van der Waals surface area contributed by atoms with Gasteiger partial charge in [-0.3, -0.25) is 9.10 Å². The molecule has 1 aliphatic rings. The normalized spacial score (nSPS) is 18.1. The van der Waals surface area contributed by atoms with E-state index in [1.807, 2.05) is 0 Å². The van der Waals surface area contributed by atoms with Crippen LogP contribution in [0.15, 0.2) is 53.4 Å². The monoisotopic (exact) mass is 350 g/mol. The number of carbonyl (C=O) groups excluding carboxylic acids is 1. The molecule has 0 bridgehead atoms. The number of halogens is 1. The van der Waals surface area contributed by atoms with Crippen LogP contribution in [0.2, 0.25) is 5.02 Å². The molecule has 0 radical (unpaired) electrons. The second kappa shape index (κ2) is 5.86. The van der Waals surface area contributed by atoms with Crippen molar-refractivity contribution in [1.29, 1.82) is 0 Å². The molecule has 7 heteroatoms. The van der Waals surface area contributed by atoms with Crippen molar-refractivity contribution >= 4 is 38.9 Å². The number of para-hydroxylation sites is 2. The fourth-order valence-electron chi connectivity index (χ4n) is 2.65. The summed E-state index contributed by atoms with van der Waals surface area (Å²) in [5, 5.41) is 3.21. The molecule has 1 amide bonds. The number of nitrogens with one attached hydrogen (secondary N) is 1. The number of nitrogens with zero attached hydrogens (tertiary/aromatic N) is 1. The number of carbonyl (C=O) groups is 1. The van der Waals surface area contributed by atoms with Crippen LogP contribution in [0.5, 0.6) is 0 Å². The summed E-state index contributed by atoms with van der Waals surface area (Å²) < 4.78 is 27.4. The average Bonchev–Trinajstić information content (AvgIpc) is 2.62. The highest BCUT2D eigenvalue weighted by Crippen LogP contribution is 2.35. The third kappa shape index (κ3) is 2.92. The first kappa shape index (κ1) is 15.8. The van der Waals surface area contributed by atoms with Gasteiger partial charge in [-0.2, -0.15) is 0 Å². The lowest BCUT2D eigenvalue weighted by molar-refractivity contribution is -0.116. The molecule has 3 rings (SSSR count). The Labute approximate surface area is 139 Å². The predicted molar refractivity (Wildman–Crippen MR) is 90.3 cm³/mol. The van der Waals surface area contributed by atoms with E-state index >= 15 is 0 Å². The van der Waals surface area contributed by atoms with Crippen LogP contribution in [-0.2, 0) is 14.8 Å². The highest BCUT2D eigenvalue weighted by Gasteiger charge is 2.34. The maximum atomic E-state index is 13.1. The summed E-state index contributed by atoms with van der Waals surface area (Å²) in [5.41, 5.74) is 0.945. The highest BCUT2D eigenvalue weighted by atomic mass is 35.5. The van der Waals surface area contributed by atoms with Gasteiger partial charge in [0.05, 0.1) is 22.3 Å². The molecule has 23 heavy (non-hydrogen) atoms. The van der Waals surface area contributed by atoms with Gasteiger partial charge in [-0.15, -0.1) is 0 Å². The molecule has 0 saturated carbocycles. The molecule has 1 N–H and O–H groups in total. The number of fused-ring (bicyclic) bond motifs is 1. The third-order valence-corrected chi connectivity index (χ3v) is 5.86. The summed E-state index contributed by atoms with van der Waals surface area (Å²) in [5.74, 6) is -0.209. The summed E-state index contributed by atoms with van der Waals surface area (Å²) in [6.07, 6.45) is 0.0848. The van der Waals surface area contributed by atoms with E-state index in [0.717, 1.165) is 0 Å². The van der Waals surface area contributed by atoms with Crippen molar-refractivity contribution < 1.29 is 13.2 Å². The molecular weight excluding hydrogens is 336 g/mol. The minimum absolute atomic E-state index is 0.0848. The first-order valence-corrected chi connectivity index (χ1v) is 8.90. The molecule has 0 unspecified atom stereocenters. The van der Waals surface area contributed by atoms with Gasteiger partial charge < -0.3 is 5.32 Å². The Morgan fingerprint density at radius 2 is 1.78 bits per heavy atom. The second-order valence-corrected chi connectivity index (χ2v) is 7.62. The first-order valence-electron chi connectivity index (χ1n) is 7.08. The lowest BCUT2D eigenvalue weighted by Crippen LogP contribution is -2.39. The summed E-state index contributed by atoms with van der Waals surface area (Å²) in [4.78, 5) is 12.1. The molecule has 1 aliphatic heterocycles. The Bertz CT molecular complexity index is 850. The Morgan fingerprint density at radius 3 is 2.48 bits per heavy atom. The summed E-state index contributed by atoms with van der Waals surface area (Å²) >= 11 is 5.84. The van der Waals surface area contributed by atoms with E-state index in [2.05, 4.69) is 5.32 Å². The number of anilines is 2. The van der Waals surface area contributed by atoms with Crippen molar-refractivity contribution in [3.05, 3.63) is 53.6 Å². The minimum Gasteiger partial charge on any atom is -0.324 e. The van der Waals surface area contributed by atoms with Crippen molar-refractivity contribution in [2.75, 3.05) is 9.62 Å². The summed E-state index contributed by atoms with van der Waals surface area (Å²) in [6.45, 7) is 1.72. The molecule has 0 aromatic heterocycles. The molecule has 5 nitrogen and oxygen atoms in total. The fourth-order valence-corrected chi connectivity index (χ4v) is 4.45. The van der Waals surface area contributed by atoms with Crippen LogP contribution in [0.25, 0.3) is 0 Å². The molecule has 1 atom stereocenters. The Kier molecular flexibility index (Phi) is 4.04. The van der Waals surface area contributed by atoms with E-state index in [4.69, 9.17) is 11.6 Å². The number of amides is 1. The minimum atomic E-state index is -3.81. The zero-order valence-electron chi connectivity index (χ0n) is 12.4. The summed E-state index contributed by atoms with van der Waals surface area (Å²) in [6, 6.07) is 12.4. The van der Waals surface area contributed by atoms with Gasteiger partial charge in [-0.1, -0.05) is 23.7 Å². The maximum Gasteiger partial charge on any atom is 0.264 e. The van der Waals surface area contributed by atoms with Crippen LogP contribution in [0.4, 0.5) is 11.4 Å². The Hall–Kier alpha value is -2.05. The molecule has 120 valence electrons. The molecular formula is C16H15ClN2O3S. The zero-order chi connectivity index (χ0) is 16.6. The predicted octanol–water partition coefficient (Wildman–Crippen LogP) is 3.27. The number of hydrogen-bond donors (Lipinski definition) is 1. The van der Waals surface area contributed by atoms with E-state index in [0.29, 0.717) is 16.4 Å². The number of hydrogen-bond acceptors (Lipinski definition) is 3. The van der Waals surface area contributed by atoms with Crippen molar-refractivity contribution in [3.8, 4) is 0 Å². The molecule has 0 spiro atoms. The number of benzene rings is 2. The first-order chi connectivity index (χ1) is 10.9. The van der Waals surface area contributed by atoms with Gasteiger partial charge in [0.2, 0.25) is 5.91 Å². The van der Waals surface area contributed by atoms with Gasteiger partial charge in [0, 0.05) is 11.4 Å². The average molecular weight is 351 g/mol. The maximum absolute atomic E-state index is 13.1. The quantitative estimate of drug-likeness (QED) is 0.904. The van der Waals surface area contributed by atoms with Crippen molar-refractivity contribution in [2.45, 2.75) is 24.3 Å². The van der Waals surface area contributed by atoms with Crippen molar-refractivity contribution in [3.63, 3.8) is 0 Å². The van der Waals surface area contributed by atoms with Crippen LogP contribution in [-0.4, -0.2) is 20.4 Å². The van der Waals surface area contributed by atoms with Crippen molar-refractivity contribution in [2.24, 2.45) is 0 Å². The number of sulfonamides is 1. The Morgan fingerprint density at radius 1 is 1.13 bits per heavy atom. The topological polar surface area (TPSA) is 66.5 Å². The van der Waals surface area contributed by atoms with Crippen molar-refractivity contribution in [1.82, 2.24) is 0 Å². The van der Waals surface area contributed by atoms with Crippen LogP contribution in [0, 0.1) is 0 Å². The van der Waals surface area contributed by atoms with E-state index in [1.54, 1.807) is 31.2 Å². The van der Waals surface area contributed by atoms with Gasteiger partial charge in [-0.25, -0.2) is 8.42 Å². The second-order valence-electron chi connectivity index (χ2n) is 5.37. The molecule has 1 heterocycles. The third-order valence-electron chi connectivity index (χ3n) is 3.67. The highest BCUT2D eigenvalue weighted by molar-refractivity contribution is 7.92. The standard InChI is InChI=1S/C16H15ClN2O3S/c1-11-10-16(20)18-14-4-2-3-5-15(14)19(11)23(21,22)13-8-6-12(17)7-9-13/h2-9,11H,10H2,1H3,(H,18,20)/t11-/m0/s1. The number of rotatable bonds is 2.